The van der Waals surface area contributed by atoms with Crippen LogP contribution in [0.2, 0.25) is 0 Å². The molecule has 3 unspecified atom stereocenters. The van der Waals surface area contributed by atoms with E-state index in [4.69, 9.17) is 4.98 Å². The van der Waals surface area contributed by atoms with Gasteiger partial charge < -0.3 is 20.1 Å². The summed E-state index contributed by atoms with van der Waals surface area (Å²) in [5.74, 6) is 1.05. The number of carbonyl (C=O) groups excluding carboxylic acids is 1. The summed E-state index contributed by atoms with van der Waals surface area (Å²) in [5, 5.41) is 6.95. The first kappa shape index (κ1) is 17.9. The van der Waals surface area contributed by atoms with Crippen molar-refractivity contribution in [3.05, 3.63) is 42.7 Å². The Morgan fingerprint density at radius 1 is 1.07 bits per heavy atom. The molecule has 1 aromatic carbocycles. The number of likely N-dealkylation sites (N-methyl/N-ethyl adjacent to an activating group) is 1. The highest BCUT2D eigenvalue weighted by atomic mass is 16.2. The standard InChI is InChI=1S/C23H26N6O/c1-28-15-8-9-16(11-15)29-13-25-19-6-2-4-17(22(19)29)18-5-3-7-21(27-18)26-14-10-20(23(28)30)24-12-14/h2-7,13-16,20,24H,8-12H2,1H3,(H,26,27)/t14?,15?,16?,20-/m0/s1. The van der Waals surface area contributed by atoms with Gasteiger partial charge in [0.05, 0.1) is 29.1 Å². The SMILES string of the molecule is CN1C(=O)[C@@H]2CC(CN2)Nc2cccc(n2)-c2cccc3ncn(c23)C2CCC1C2. The number of rotatable bonds is 0. The van der Waals surface area contributed by atoms with E-state index in [1.54, 1.807) is 0 Å². The van der Waals surface area contributed by atoms with Crippen molar-refractivity contribution in [1.29, 1.82) is 0 Å². The molecule has 4 heterocycles. The van der Waals surface area contributed by atoms with Crippen LogP contribution in [0.15, 0.2) is 42.7 Å². The molecule has 3 aliphatic rings. The highest BCUT2D eigenvalue weighted by molar-refractivity contribution is 5.91. The lowest BCUT2D eigenvalue weighted by Crippen LogP contribution is -2.45. The lowest BCUT2D eigenvalue weighted by atomic mass is 10.1. The smallest absolute Gasteiger partial charge is 0.239 e. The van der Waals surface area contributed by atoms with Crippen LogP contribution < -0.4 is 10.6 Å². The summed E-state index contributed by atoms with van der Waals surface area (Å²) in [4.78, 5) is 24.7. The molecule has 3 aromatic rings. The second-order valence-electron chi connectivity index (χ2n) is 8.84. The zero-order valence-corrected chi connectivity index (χ0v) is 17.1. The summed E-state index contributed by atoms with van der Waals surface area (Å²) in [7, 11) is 1.97. The number of anilines is 1. The van der Waals surface area contributed by atoms with Crippen LogP contribution in [0.25, 0.3) is 22.3 Å². The predicted molar refractivity (Wildman–Crippen MR) is 116 cm³/mol. The molecule has 2 aromatic heterocycles. The Kier molecular flexibility index (Phi) is 4.06. The van der Waals surface area contributed by atoms with Gasteiger partial charge in [-0.05, 0) is 43.9 Å². The Bertz CT molecular complexity index is 1120. The van der Waals surface area contributed by atoms with E-state index in [1.807, 2.05) is 30.4 Å². The number of pyridine rings is 1. The van der Waals surface area contributed by atoms with Crippen molar-refractivity contribution < 1.29 is 4.79 Å². The molecule has 2 aliphatic heterocycles. The second kappa shape index (κ2) is 6.80. The van der Waals surface area contributed by atoms with Gasteiger partial charge in [0.15, 0.2) is 0 Å². The Balaban J connectivity index is 1.51. The Labute approximate surface area is 175 Å². The molecule has 2 fully saturated rings. The molecule has 7 nitrogen and oxygen atoms in total. The number of amides is 1. The van der Waals surface area contributed by atoms with Gasteiger partial charge >= 0.3 is 0 Å². The zero-order chi connectivity index (χ0) is 20.2. The van der Waals surface area contributed by atoms with Crippen molar-refractivity contribution in [2.24, 2.45) is 0 Å². The first-order valence-corrected chi connectivity index (χ1v) is 10.9. The van der Waals surface area contributed by atoms with Crippen molar-refractivity contribution >= 4 is 22.8 Å². The molecule has 0 radical (unpaired) electrons. The molecular weight excluding hydrogens is 376 g/mol. The molecule has 2 N–H and O–H groups in total. The van der Waals surface area contributed by atoms with Crippen LogP contribution in [-0.2, 0) is 4.79 Å². The third-order valence-electron chi connectivity index (χ3n) is 7.07. The van der Waals surface area contributed by atoms with Gasteiger partial charge in [-0.15, -0.1) is 0 Å². The van der Waals surface area contributed by atoms with Crippen LogP contribution >= 0.6 is 0 Å². The molecule has 4 atom stereocenters. The number of nitrogens with zero attached hydrogens (tertiary/aromatic N) is 4. The Hall–Kier alpha value is -2.93. The first-order chi connectivity index (χ1) is 14.7. The lowest BCUT2D eigenvalue weighted by Gasteiger charge is -2.27. The van der Waals surface area contributed by atoms with E-state index in [2.05, 4.69) is 44.5 Å². The molecular formula is C23H26N6O. The number of hydrogen-bond acceptors (Lipinski definition) is 5. The van der Waals surface area contributed by atoms with Crippen LogP contribution in [-0.4, -0.2) is 57.1 Å². The van der Waals surface area contributed by atoms with E-state index in [1.165, 1.54) is 0 Å². The monoisotopic (exact) mass is 402 g/mol. The maximum Gasteiger partial charge on any atom is 0.239 e. The number of fused-ring (bicyclic) bond motifs is 8. The van der Waals surface area contributed by atoms with Crippen LogP contribution in [0.5, 0.6) is 0 Å². The van der Waals surface area contributed by atoms with Crippen molar-refractivity contribution in [3.8, 4) is 11.3 Å². The van der Waals surface area contributed by atoms with E-state index in [0.29, 0.717) is 6.04 Å². The van der Waals surface area contributed by atoms with E-state index in [-0.39, 0.29) is 24.0 Å². The van der Waals surface area contributed by atoms with Crippen molar-refractivity contribution in [3.63, 3.8) is 0 Å². The predicted octanol–water partition coefficient (Wildman–Crippen LogP) is 2.81. The van der Waals surface area contributed by atoms with Crippen LogP contribution in [0.3, 0.4) is 0 Å². The summed E-state index contributed by atoms with van der Waals surface area (Å²) < 4.78 is 2.31. The minimum atomic E-state index is -0.128. The third-order valence-corrected chi connectivity index (χ3v) is 7.07. The van der Waals surface area contributed by atoms with E-state index in [9.17, 15) is 4.79 Å². The van der Waals surface area contributed by atoms with Gasteiger partial charge in [0, 0.05) is 37.3 Å². The lowest BCUT2D eigenvalue weighted by molar-refractivity contribution is -0.133. The van der Waals surface area contributed by atoms with Crippen LogP contribution in [0.1, 0.15) is 31.7 Å². The molecule has 6 rings (SSSR count). The number of nitrogens with one attached hydrogen (secondary N) is 2. The van der Waals surface area contributed by atoms with Gasteiger partial charge in [-0.25, -0.2) is 9.97 Å². The van der Waals surface area contributed by atoms with Gasteiger partial charge in [0.2, 0.25) is 5.91 Å². The molecule has 7 heteroatoms. The van der Waals surface area contributed by atoms with E-state index >= 15 is 0 Å². The average molecular weight is 403 g/mol. The van der Waals surface area contributed by atoms with Gasteiger partial charge in [0.25, 0.3) is 0 Å². The first-order valence-electron chi connectivity index (χ1n) is 10.9. The fourth-order valence-electron chi connectivity index (χ4n) is 5.45. The van der Waals surface area contributed by atoms with Gasteiger partial charge in [-0.3, -0.25) is 4.79 Å². The highest BCUT2D eigenvalue weighted by Crippen LogP contribution is 2.38. The van der Waals surface area contributed by atoms with Crippen molar-refractivity contribution in [1.82, 2.24) is 24.8 Å². The summed E-state index contributed by atoms with van der Waals surface area (Å²) in [6.45, 7) is 0.770. The summed E-state index contributed by atoms with van der Waals surface area (Å²) in [6.07, 6.45) is 5.79. The molecule has 1 aliphatic carbocycles. The van der Waals surface area contributed by atoms with Crippen molar-refractivity contribution in [2.75, 3.05) is 18.9 Å². The zero-order valence-electron chi connectivity index (χ0n) is 17.1. The van der Waals surface area contributed by atoms with E-state index < -0.39 is 0 Å². The number of para-hydroxylation sites is 1. The number of imidazole rings is 1. The largest absolute Gasteiger partial charge is 0.366 e. The molecule has 1 saturated carbocycles. The van der Waals surface area contributed by atoms with Gasteiger partial charge in [-0.2, -0.15) is 0 Å². The minimum Gasteiger partial charge on any atom is -0.366 e. The maximum atomic E-state index is 13.1. The molecule has 1 amide bonds. The van der Waals surface area contributed by atoms with Crippen molar-refractivity contribution in [2.45, 2.75) is 49.9 Å². The molecule has 0 spiro atoms. The molecule has 6 bridgehead atoms. The van der Waals surface area contributed by atoms with E-state index in [0.717, 1.165) is 60.3 Å². The Morgan fingerprint density at radius 2 is 1.93 bits per heavy atom. The second-order valence-corrected chi connectivity index (χ2v) is 8.84. The van der Waals surface area contributed by atoms with Gasteiger partial charge in [-0.1, -0.05) is 18.2 Å². The number of aromatic nitrogens is 3. The quantitative estimate of drug-likeness (QED) is 0.605. The molecule has 1 saturated heterocycles. The van der Waals surface area contributed by atoms with Crippen LogP contribution in [0.4, 0.5) is 5.82 Å². The van der Waals surface area contributed by atoms with Gasteiger partial charge in [0.1, 0.15) is 5.82 Å². The number of hydrogen-bond donors (Lipinski definition) is 2. The minimum absolute atomic E-state index is 0.128. The summed E-state index contributed by atoms with van der Waals surface area (Å²) >= 11 is 0. The molecule has 154 valence electrons. The normalized spacial score (nSPS) is 28.3. The highest BCUT2D eigenvalue weighted by Gasteiger charge is 2.37. The number of benzene rings is 1. The fraction of sp³-hybridized carbons (Fsp3) is 0.435. The van der Waals surface area contributed by atoms with Crippen LogP contribution in [0, 0.1) is 0 Å². The number of carbonyl (C=O) groups is 1. The molecule has 30 heavy (non-hydrogen) atoms. The topological polar surface area (TPSA) is 75.1 Å². The fourth-order valence-corrected chi connectivity index (χ4v) is 5.45. The maximum absolute atomic E-state index is 13.1. The summed E-state index contributed by atoms with van der Waals surface area (Å²) in [6, 6.07) is 13.1. The summed E-state index contributed by atoms with van der Waals surface area (Å²) in [5.41, 5.74) is 4.19. The average Bonchev–Trinajstić information content (AvgIpc) is 3.51. The Morgan fingerprint density at radius 3 is 2.87 bits per heavy atom. The third kappa shape index (κ3) is 2.80.